The van der Waals surface area contributed by atoms with Crippen molar-refractivity contribution >= 4 is 57.2 Å². The lowest BCUT2D eigenvalue weighted by molar-refractivity contribution is 0.172. The minimum atomic E-state index is -0.0319. The van der Waals surface area contributed by atoms with Crippen LogP contribution in [-0.2, 0) is 10.8 Å². The molecule has 0 bridgehead atoms. The monoisotopic (exact) mass is 756 g/mol. The highest BCUT2D eigenvalue weighted by Crippen LogP contribution is 2.50. The molecule has 10 rings (SSSR count). The smallest absolute Gasteiger partial charge is 0.252 e. The molecule has 0 unspecified atom stereocenters. The lowest BCUT2D eigenvalue weighted by Gasteiger charge is -2.45. The largest absolute Gasteiger partial charge is 0.486 e. The van der Waals surface area contributed by atoms with Crippen molar-refractivity contribution in [1.82, 2.24) is 0 Å². The summed E-state index contributed by atoms with van der Waals surface area (Å²) in [7, 11) is 0. The third-order valence-corrected chi connectivity index (χ3v) is 12.2. The molecule has 7 aromatic rings. The Morgan fingerprint density at radius 3 is 1.67 bits per heavy atom. The maximum atomic E-state index is 6.34. The first kappa shape index (κ1) is 36.2. The van der Waals surface area contributed by atoms with E-state index in [1.807, 2.05) is 0 Å². The molecule has 0 aromatic heterocycles. The van der Waals surface area contributed by atoms with Crippen LogP contribution < -0.4 is 35.7 Å². The molecular weight excluding hydrogens is 707 g/mol. The van der Waals surface area contributed by atoms with E-state index in [4.69, 9.17) is 9.47 Å². The van der Waals surface area contributed by atoms with Crippen LogP contribution in [0.25, 0.3) is 22.3 Å². The SMILES string of the molecule is Cc1cc2c3c(c1)N(c1cc4c(cc1-c1ccccc1)OCCO4)c1ccc(-c4ccccc4)cc1B3c1cc(C(C)(C)C)ccc1N2c1ccc(C(C)(C)C)cc1. The van der Waals surface area contributed by atoms with Crippen molar-refractivity contribution in [1.29, 1.82) is 0 Å². The van der Waals surface area contributed by atoms with Gasteiger partial charge in [0.05, 0.1) is 5.69 Å². The zero-order valence-corrected chi connectivity index (χ0v) is 34.6. The minimum absolute atomic E-state index is 0.0136. The van der Waals surface area contributed by atoms with Gasteiger partial charge in [0.2, 0.25) is 0 Å². The molecule has 3 heterocycles. The fraction of sp³-hybridized carbons (Fsp3) is 0.208. The molecule has 7 aromatic carbocycles. The topological polar surface area (TPSA) is 24.9 Å². The zero-order chi connectivity index (χ0) is 39.9. The normalized spacial score (nSPS) is 14.2. The molecule has 58 heavy (non-hydrogen) atoms. The number of hydrogen-bond acceptors (Lipinski definition) is 4. The predicted octanol–water partition coefficient (Wildman–Crippen LogP) is 11.8. The van der Waals surface area contributed by atoms with Crippen LogP contribution in [0.5, 0.6) is 11.5 Å². The summed E-state index contributed by atoms with van der Waals surface area (Å²) in [5.74, 6) is 1.55. The second-order valence-corrected chi connectivity index (χ2v) is 18.2. The van der Waals surface area contributed by atoms with Gasteiger partial charge in [0.25, 0.3) is 6.71 Å². The van der Waals surface area contributed by atoms with Gasteiger partial charge in [0.1, 0.15) is 13.2 Å². The summed E-state index contributed by atoms with van der Waals surface area (Å²) < 4.78 is 12.6. The Morgan fingerprint density at radius 1 is 0.466 bits per heavy atom. The molecule has 0 aliphatic carbocycles. The average molecular weight is 757 g/mol. The highest BCUT2D eigenvalue weighted by Gasteiger charge is 2.44. The van der Waals surface area contributed by atoms with Gasteiger partial charge in [-0.15, -0.1) is 0 Å². The van der Waals surface area contributed by atoms with Gasteiger partial charge in [-0.2, -0.15) is 0 Å². The van der Waals surface area contributed by atoms with Gasteiger partial charge < -0.3 is 19.3 Å². The van der Waals surface area contributed by atoms with Crippen molar-refractivity contribution in [3.8, 4) is 33.8 Å². The second-order valence-electron chi connectivity index (χ2n) is 18.2. The first-order valence-electron chi connectivity index (χ1n) is 20.6. The quantitative estimate of drug-likeness (QED) is 0.167. The number of fused-ring (bicyclic) bond motifs is 5. The van der Waals surface area contributed by atoms with E-state index in [2.05, 4.69) is 204 Å². The van der Waals surface area contributed by atoms with Crippen LogP contribution in [0.4, 0.5) is 34.1 Å². The highest BCUT2D eigenvalue weighted by molar-refractivity contribution is 7.00. The molecule has 0 N–H and O–H groups in total. The van der Waals surface area contributed by atoms with E-state index in [9.17, 15) is 0 Å². The third kappa shape index (κ3) is 5.98. The lowest BCUT2D eigenvalue weighted by Crippen LogP contribution is -2.61. The minimum Gasteiger partial charge on any atom is -0.486 e. The third-order valence-electron chi connectivity index (χ3n) is 12.2. The molecule has 0 saturated heterocycles. The Bertz CT molecular complexity index is 2710. The molecule has 3 aliphatic rings. The van der Waals surface area contributed by atoms with Crippen LogP contribution in [0, 0.1) is 6.92 Å². The van der Waals surface area contributed by atoms with E-state index in [-0.39, 0.29) is 17.5 Å². The van der Waals surface area contributed by atoms with Gasteiger partial charge in [0, 0.05) is 40.1 Å². The summed E-state index contributed by atoms with van der Waals surface area (Å²) in [6.45, 7) is 17.1. The van der Waals surface area contributed by atoms with Crippen molar-refractivity contribution in [3.63, 3.8) is 0 Å². The van der Waals surface area contributed by atoms with Gasteiger partial charge in [0.15, 0.2) is 11.5 Å². The molecule has 0 amide bonds. The van der Waals surface area contributed by atoms with E-state index in [1.54, 1.807) is 0 Å². The molecule has 3 aliphatic heterocycles. The second kappa shape index (κ2) is 13.4. The number of aryl methyl sites for hydroxylation is 1. The summed E-state index contributed by atoms with van der Waals surface area (Å²) in [6, 6.07) is 54.2. The molecule has 4 nitrogen and oxygen atoms in total. The van der Waals surface area contributed by atoms with Crippen LogP contribution in [-0.4, -0.2) is 19.9 Å². The van der Waals surface area contributed by atoms with Crippen LogP contribution in [0.2, 0.25) is 0 Å². The molecule has 0 radical (unpaired) electrons. The Kier molecular flexibility index (Phi) is 8.39. The highest BCUT2D eigenvalue weighted by atomic mass is 16.6. The van der Waals surface area contributed by atoms with E-state index < -0.39 is 0 Å². The number of ether oxygens (including phenoxy) is 2. The standard InChI is InChI=1S/C53H49BN2O2/c1-34-28-47-51-48(29-34)56(46-33-50-49(57-26-27-58-50)32-41(46)36-16-12-9-13-17-36)45-24-18-37(35-14-10-8-11-15-35)30-42(45)54(51)43-31-39(53(5,6)7)21-25-44(43)55(47)40-22-19-38(20-23-40)52(2,3)4/h8-25,28-33H,26-27H2,1-7H3. The van der Waals surface area contributed by atoms with Gasteiger partial charge in [-0.25, -0.2) is 0 Å². The first-order valence-corrected chi connectivity index (χ1v) is 20.6. The molecule has 0 atom stereocenters. The molecular formula is C53H49BN2O2. The summed E-state index contributed by atoms with van der Waals surface area (Å²) >= 11 is 0. The van der Waals surface area contributed by atoms with Crippen molar-refractivity contribution in [2.75, 3.05) is 23.0 Å². The summed E-state index contributed by atoms with van der Waals surface area (Å²) in [5, 5.41) is 0. The number of anilines is 6. The Labute approximate surface area is 343 Å². The van der Waals surface area contributed by atoms with Crippen LogP contribution in [0.3, 0.4) is 0 Å². The van der Waals surface area contributed by atoms with Crippen molar-refractivity contribution in [2.24, 2.45) is 0 Å². The maximum Gasteiger partial charge on any atom is 0.252 e. The van der Waals surface area contributed by atoms with Gasteiger partial charge in [-0.3, -0.25) is 0 Å². The summed E-state index contributed by atoms with van der Waals surface area (Å²) in [4.78, 5) is 5.02. The Balaban J connectivity index is 1.31. The van der Waals surface area contributed by atoms with Crippen molar-refractivity contribution < 1.29 is 9.47 Å². The average Bonchev–Trinajstić information content (AvgIpc) is 3.22. The lowest BCUT2D eigenvalue weighted by atomic mass is 9.33. The molecule has 5 heteroatoms. The fourth-order valence-electron chi connectivity index (χ4n) is 9.18. The number of rotatable bonds is 4. The van der Waals surface area contributed by atoms with Gasteiger partial charge in [-0.05, 0) is 110 Å². The van der Waals surface area contributed by atoms with E-state index in [0.29, 0.717) is 13.2 Å². The maximum absolute atomic E-state index is 6.34. The molecule has 0 saturated carbocycles. The van der Waals surface area contributed by atoms with Crippen molar-refractivity contribution in [2.45, 2.75) is 59.3 Å². The number of benzene rings is 7. The molecule has 0 fully saturated rings. The van der Waals surface area contributed by atoms with Crippen LogP contribution >= 0.6 is 0 Å². The first-order chi connectivity index (χ1) is 27.9. The van der Waals surface area contributed by atoms with E-state index in [0.717, 1.165) is 39.7 Å². The van der Waals surface area contributed by atoms with E-state index >= 15 is 0 Å². The number of nitrogens with zero attached hydrogens (tertiary/aromatic N) is 2. The molecule has 286 valence electrons. The molecule has 0 spiro atoms. The zero-order valence-electron chi connectivity index (χ0n) is 34.6. The van der Waals surface area contributed by atoms with E-state index in [1.165, 1.54) is 61.3 Å². The Morgan fingerprint density at radius 2 is 1.02 bits per heavy atom. The van der Waals surface area contributed by atoms with Gasteiger partial charge in [-0.1, -0.05) is 139 Å². The Hall–Kier alpha value is -6.20. The van der Waals surface area contributed by atoms with Crippen LogP contribution in [0.1, 0.15) is 58.2 Å². The number of hydrogen-bond donors (Lipinski definition) is 0. The summed E-state index contributed by atoms with van der Waals surface area (Å²) in [5.41, 5.74) is 19.4. The van der Waals surface area contributed by atoms with Gasteiger partial charge >= 0.3 is 0 Å². The van der Waals surface area contributed by atoms with Crippen molar-refractivity contribution in [3.05, 3.63) is 162 Å². The predicted molar refractivity (Wildman–Crippen MR) is 244 cm³/mol. The van der Waals surface area contributed by atoms with Crippen LogP contribution in [0.15, 0.2) is 146 Å². The fourth-order valence-corrected chi connectivity index (χ4v) is 9.18. The summed E-state index contributed by atoms with van der Waals surface area (Å²) in [6.07, 6.45) is 0.